The number of hydrogen-bond acceptors (Lipinski definition) is 16. The highest BCUT2D eigenvalue weighted by Gasteiger charge is 2.40. The number of nitrogens with one attached hydrogen (secondary N) is 2. The van der Waals surface area contributed by atoms with Gasteiger partial charge in [-0.1, -0.05) is 72.1 Å². The van der Waals surface area contributed by atoms with Crippen LogP contribution < -0.4 is 40.5 Å². The number of carboxylic acid groups (broad SMARTS) is 1. The molecule has 2 fully saturated rings. The minimum Gasteiger partial charge on any atom is -0.489 e. The number of amides is 4. The molecule has 84 heavy (non-hydrogen) atoms. The number of hydrogen-bond donors (Lipinski definition) is 5. The number of allylic oxidation sites excluding steroid dienone is 1. The van der Waals surface area contributed by atoms with E-state index in [2.05, 4.69) is 38.6 Å². The lowest BCUT2D eigenvalue weighted by atomic mass is 10.0. The van der Waals surface area contributed by atoms with Crippen LogP contribution in [0.2, 0.25) is 10.3 Å². The Hall–Kier alpha value is -5.55. The third kappa shape index (κ3) is 22.4. The van der Waals surface area contributed by atoms with Gasteiger partial charge in [0.15, 0.2) is 18.0 Å². The van der Waals surface area contributed by atoms with Gasteiger partial charge in [-0.3, -0.25) is 23.7 Å². The number of carboxylic acids is 1. The van der Waals surface area contributed by atoms with Crippen molar-refractivity contribution in [2.75, 3.05) is 70.9 Å². The van der Waals surface area contributed by atoms with Gasteiger partial charge >= 0.3 is 18.0 Å². The molecule has 0 radical (unpaired) electrons. The number of benzene rings is 3. The molecule has 6 N–H and O–H groups in total. The van der Waals surface area contributed by atoms with Gasteiger partial charge in [0.25, 0.3) is 5.91 Å². The smallest absolute Gasteiger partial charge is 0.427 e. The fraction of sp³-hybridized carbons (Fsp3) is 0.500. The maximum absolute atomic E-state index is 14.3. The number of alkyl halides is 3. The summed E-state index contributed by atoms with van der Waals surface area (Å²) in [4.78, 5) is 82.2. The van der Waals surface area contributed by atoms with Crippen molar-refractivity contribution in [1.29, 1.82) is 0 Å². The van der Waals surface area contributed by atoms with Crippen LogP contribution in [-0.4, -0.2) is 135 Å². The van der Waals surface area contributed by atoms with Crippen LogP contribution in [-0.2, 0) is 39.6 Å². The Bertz CT molecular complexity index is 2950. The summed E-state index contributed by atoms with van der Waals surface area (Å²) in [5.41, 5.74) is 9.33. The molecule has 1 saturated heterocycles. The predicted molar refractivity (Wildman–Crippen MR) is 330 cm³/mol. The van der Waals surface area contributed by atoms with Crippen molar-refractivity contribution in [3.8, 4) is 11.5 Å². The third-order valence-corrected chi connectivity index (χ3v) is 14.4. The van der Waals surface area contributed by atoms with Gasteiger partial charge in [0, 0.05) is 38.6 Å². The quantitative estimate of drug-likeness (QED) is 0.0352. The summed E-state index contributed by atoms with van der Waals surface area (Å²) in [6, 6.07) is 14.9. The predicted octanol–water partition coefficient (Wildman–Crippen LogP) is 11.8. The molecule has 28 heteroatoms. The molecule has 3 heterocycles. The van der Waals surface area contributed by atoms with E-state index in [4.69, 9.17) is 92.7 Å². The molecule has 4 aromatic rings. The highest BCUT2D eigenvalue weighted by atomic mass is 35.5. The molecule has 1 aliphatic carbocycles. The number of nitrogens with two attached hydrogens (primary N) is 1. The maximum atomic E-state index is 14.3. The Balaban J connectivity index is 0.000000282. The minimum absolute atomic E-state index is 0.00962. The number of aryl methyl sites for hydroxylation is 2. The Morgan fingerprint density at radius 2 is 1.63 bits per heavy atom. The first-order chi connectivity index (χ1) is 39.5. The zero-order valence-corrected chi connectivity index (χ0v) is 53.6. The number of ether oxygens (including phenoxy) is 4. The minimum atomic E-state index is -3.10. The van der Waals surface area contributed by atoms with Gasteiger partial charge in [-0.25, -0.2) is 14.1 Å². The molecule has 0 bridgehead atoms. The lowest BCUT2D eigenvalue weighted by molar-refractivity contribution is -0.138. The summed E-state index contributed by atoms with van der Waals surface area (Å²) in [6.45, 7) is 20.1. The summed E-state index contributed by atoms with van der Waals surface area (Å²) in [5.74, 6) is -1.22. The van der Waals surface area contributed by atoms with Crippen LogP contribution in [0.1, 0.15) is 98.6 Å². The van der Waals surface area contributed by atoms with Gasteiger partial charge in [-0.2, -0.15) is 15.0 Å². The summed E-state index contributed by atoms with van der Waals surface area (Å²) < 4.78 is 46.4. The van der Waals surface area contributed by atoms with E-state index in [1.54, 1.807) is 30.8 Å². The van der Waals surface area contributed by atoms with Gasteiger partial charge in [0.05, 0.1) is 46.9 Å². The van der Waals surface area contributed by atoms with Crippen molar-refractivity contribution in [2.45, 2.75) is 136 Å². The third-order valence-electron chi connectivity index (χ3n) is 12.2. The van der Waals surface area contributed by atoms with E-state index in [0.29, 0.717) is 41.3 Å². The zero-order chi connectivity index (χ0) is 63.2. The van der Waals surface area contributed by atoms with Gasteiger partial charge in [0.1, 0.15) is 35.8 Å². The summed E-state index contributed by atoms with van der Waals surface area (Å²) in [6.07, 6.45) is 3.88. The maximum Gasteiger partial charge on any atom is 0.427 e. The van der Waals surface area contributed by atoms with Gasteiger partial charge < -0.3 is 55.1 Å². The Morgan fingerprint density at radius 3 is 2.18 bits per heavy atom. The van der Waals surface area contributed by atoms with Crippen molar-refractivity contribution in [2.24, 2.45) is 5.73 Å². The van der Waals surface area contributed by atoms with Crippen LogP contribution in [0, 0.1) is 12.7 Å². The van der Waals surface area contributed by atoms with Crippen molar-refractivity contribution in [3.63, 3.8) is 0 Å². The molecule has 4 amide bonds. The van der Waals surface area contributed by atoms with E-state index >= 15 is 0 Å². The molecule has 2 aliphatic heterocycles. The van der Waals surface area contributed by atoms with E-state index in [0.717, 1.165) is 67.2 Å². The molecule has 4 atom stereocenters. The average Bonchev–Trinajstić information content (AvgIpc) is 2.36. The van der Waals surface area contributed by atoms with Gasteiger partial charge in [-0.15, -0.1) is 11.6 Å². The first kappa shape index (κ1) is 72.7. The largest absolute Gasteiger partial charge is 0.489 e. The number of carbonyl (C=O) groups is 5. The van der Waals surface area contributed by atoms with Crippen LogP contribution in [0.4, 0.5) is 38.1 Å². The Labute approximate surface area is 515 Å². The molecule has 3 aromatic carbocycles. The number of carbonyl (C=O) groups excluding carboxylic acids is 4. The number of fused-ring (bicyclic) bond motifs is 1. The number of aromatic nitrogens is 3. The van der Waals surface area contributed by atoms with Gasteiger partial charge in [-0.05, 0) is 140 Å². The summed E-state index contributed by atoms with van der Waals surface area (Å²) >= 11 is 28.8. The van der Waals surface area contributed by atoms with Crippen LogP contribution in [0.15, 0.2) is 65.9 Å². The molecule has 464 valence electrons. The first-order valence-electron chi connectivity index (χ1n) is 26.9. The van der Waals surface area contributed by atoms with E-state index in [-0.39, 0.29) is 82.0 Å². The Kier molecular flexibility index (Phi) is 30.4. The highest BCUT2D eigenvalue weighted by molar-refractivity contribution is 7.57. The standard InChI is InChI=1S/C17H17ClFNO4.C15H22ClNO2.C11H11Cl2NO2.C8H14ClN5.C5H12NO4P/c1-9(2)15-16(21)20(17(22)24-15)13-8-14(11(18)7-12(13)19)23-10-5-3-4-6-10;1-5-13-8-6-7-11(2)15(13)17(14(18)9-16)12(3)10-19-4;1-7-6-16-9-5-3-2-4-8(9)14(7)11(15)10(12)13;1-4-10-7-12-6(9)13-8(14-7)11-5(2)3;1-11(9,10)3-2-4(6)5(7)8/h7-8,10H,3-6H2,1-2H3;6-8,12H,5,9-10H2,1-4H3;2-5,7,10H,6H2,1H3;5H,4H2,1-3H3,(H2,10,11,12,13,14);4H,2-3,6H2,1H3,(H,7,8)(H,9,10). The van der Waals surface area contributed by atoms with Gasteiger partial charge in [0.2, 0.25) is 23.1 Å². The zero-order valence-electron chi connectivity index (χ0n) is 48.9. The SMILES string of the molecule is CC(C)=C1OC(=O)N(c2cc(OC3CCCC3)c(Cl)cc2F)C1=O.CC1COc2ccccc2N1C(=O)C(Cl)Cl.CCNc1nc(Cl)nc(NC(C)C)n1.CCc1cccc(C)c1N(C(=O)CCl)C(C)COC.CP(=O)(O)CCC(N)C(=O)O. The second-order valence-corrected chi connectivity index (χ2v) is 24.6. The van der Waals surface area contributed by atoms with Crippen LogP contribution in [0.3, 0.4) is 0 Å². The molecular formula is C56H76Cl5FN9O12P. The number of aliphatic carboxylic acids is 1. The normalized spacial score (nSPS) is 15.9. The average molecular weight is 1290 g/mol. The number of methoxy groups -OCH3 is 1. The number of para-hydroxylation sites is 3. The molecule has 1 aromatic heterocycles. The molecular weight excluding hydrogens is 1220 g/mol. The summed E-state index contributed by atoms with van der Waals surface area (Å²) in [7, 11) is -1.47. The van der Waals surface area contributed by atoms with Crippen LogP contribution in [0.5, 0.6) is 11.5 Å². The molecule has 7 rings (SSSR count). The fourth-order valence-corrected chi connectivity index (χ4v) is 9.78. The molecule has 1 saturated carbocycles. The molecule has 3 aliphatic rings. The van der Waals surface area contributed by atoms with E-state index < -0.39 is 42.0 Å². The number of rotatable bonds is 18. The number of nitrogens with zero attached hydrogens (tertiary/aromatic N) is 6. The van der Waals surface area contributed by atoms with E-state index in [1.807, 2.05) is 77.9 Å². The highest BCUT2D eigenvalue weighted by Crippen LogP contribution is 2.39. The Morgan fingerprint density at radius 1 is 0.988 bits per heavy atom. The van der Waals surface area contributed by atoms with Crippen LogP contribution >= 0.6 is 65.4 Å². The lowest BCUT2D eigenvalue weighted by Crippen LogP contribution is -2.47. The molecule has 0 spiro atoms. The van der Waals surface area contributed by atoms with Crippen LogP contribution in [0.25, 0.3) is 0 Å². The number of halogens is 6. The van der Waals surface area contributed by atoms with E-state index in [9.17, 15) is 32.9 Å². The summed E-state index contributed by atoms with van der Waals surface area (Å²) in [5, 5.41) is 14.6. The lowest BCUT2D eigenvalue weighted by Gasteiger charge is -2.35. The van der Waals surface area contributed by atoms with Crippen molar-refractivity contribution >= 4 is 124 Å². The second kappa shape index (κ2) is 35.2. The van der Waals surface area contributed by atoms with Crippen molar-refractivity contribution in [3.05, 3.63) is 93.2 Å². The monoisotopic (exact) mass is 1290 g/mol. The number of anilines is 5. The number of cyclic esters (lactones) is 1. The van der Waals surface area contributed by atoms with Crippen molar-refractivity contribution < 1.29 is 61.9 Å². The molecule has 21 nitrogen and oxygen atoms in total. The van der Waals surface area contributed by atoms with E-state index in [1.165, 1.54) is 12.7 Å². The topological polar surface area (TPSA) is 278 Å². The van der Waals surface area contributed by atoms with Crippen molar-refractivity contribution in [1.82, 2.24) is 15.0 Å². The molecule has 4 unspecified atom stereocenters. The number of imide groups is 1. The second-order valence-electron chi connectivity index (χ2n) is 20.0. The fourth-order valence-electron chi connectivity index (χ4n) is 8.33. The first-order valence-corrected chi connectivity index (χ1v) is 31.3.